The molecule has 0 bridgehead atoms. The van der Waals surface area contributed by atoms with Crippen LogP contribution in [0.3, 0.4) is 0 Å². The van der Waals surface area contributed by atoms with Gasteiger partial charge in [-0.15, -0.1) is 0 Å². The second-order valence-corrected chi connectivity index (χ2v) is 6.20. The highest BCUT2D eigenvalue weighted by atomic mass is 16.1. The SMILES string of the molecule is CC(C)(C)CCC(=O)C1(N)CCCCC1. The molecule has 0 radical (unpaired) electrons. The van der Waals surface area contributed by atoms with Crippen molar-refractivity contribution in [1.82, 2.24) is 0 Å². The molecule has 0 spiro atoms. The van der Waals surface area contributed by atoms with E-state index in [4.69, 9.17) is 5.73 Å². The summed E-state index contributed by atoms with van der Waals surface area (Å²) >= 11 is 0. The van der Waals surface area contributed by atoms with Crippen LogP contribution in [-0.2, 0) is 4.79 Å². The van der Waals surface area contributed by atoms with Crippen LogP contribution >= 0.6 is 0 Å². The lowest BCUT2D eigenvalue weighted by atomic mass is 9.76. The Balaban J connectivity index is 2.45. The summed E-state index contributed by atoms with van der Waals surface area (Å²) < 4.78 is 0. The van der Waals surface area contributed by atoms with Crippen LogP contribution < -0.4 is 5.73 Å². The standard InChI is InChI=1S/C13H25NO/c1-12(2,3)10-7-11(15)13(14)8-5-4-6-9-13/h4-10,14H2,1-3H3. The molecule has 1 aliphatic rings. The predicted octanol–water partition coefficient (Wildman–Crippen LogP) is 3.04. The molecule has 0 aliphatic heterocycles. The summed E-state index contributed by atoms with van der Waals surface area (Å²) in [5, 5.41) is 0. The molecule has 0 heterocycles. The van der Waals surface area contributed by atoms with E-state index in [1.54, 1.807) is 0 Å². The maximum atomic E-state index is 12.0. The van der Waals surface area contributed by atoms with Gasteiger partial charge in [0.2, 0.25) is 0 Å². The molecule has 0 atom stereocenters. The van der Waals surface area contributed by atoms with Crippen molar-refractivity contribution in [3.63, 3.8) is 0 Å². The van der Waals surface area contributed by atoms with Gasteiger partial charge >= 0.3 is 0 Å². The predicted molar refractivity (Wildman–Crippen MR) is 63.7 cm³/mol. The van der Waals surface area contributed by atoms with Gasteiger partial charge in [0, 0.05) is 6.42 Å². The Bertz CT molecular complexity index is 221. The Morgan fingerprint density at radius 3 is 2.20 bits per heavy atom. The number of carbonyl (C=O) groups excluding carboxylic acids is 1. The van der Waals surface area contributed by atoms with Crippen LogP contribution in [0, 0.1) is 5.41 Å². The minimum absolute atomic E-state index is 0.237. The van der Waals surface area contributed by atoms with Gasteiger partial charge in [-0.3, -0.25) is 4.79 Å². The maximum absolute atomic E-state index is 12.0. The molecule has 0 amide bonds. The van der Waals surface area contributed by atoms with Gasteiger partial charge in [-0.2, -0.15) is 0 Å². The number of nitrogens with two attached hydrogens (primary N) is 1. The third-order valence-electron chi connectivity index (χ3n) is 3.40. The van der Waals surface area contributed by atoms with Crippen molar-refractivity contribution >= 4 is 5.78 Å². The number of rotatable bonds is 3. The Morgan fingerprint density at radius 2 is 1.73 bits per heavy atom. The van der Waals surface area contributed by atoms with Gasteiger partial charge in [0.1, 0.15) is 0 Å². The summed E-state index contributed by atoms with van der Waals surface area (Å²) in [5.41, 5.74) is 5.94. The molecule has 0 aromatic heterocycles. The second kappa shape index (κ2) is 4.65. The monoisotopic (exact) mass is 211 g/mol. The van der Waals surface area contributed by atoms with E-state index in [0.29, 0.717) is 6.42 Å². The molecule has 15 heavy (non-hydrogen) atoms. The normalized spacial score (nSPS) is 21.3. The van der Waals surface area contributed by atoms with E-state index < -0.39 is 5.54 Å². The molecule has 2 N–H and O–H groups in total. The molecule has 1 aliphatic carbocycles. The number of ketones is 1. The van der Waals surface area contributed by atoms with Crippen LogP contribution in [0.5, 0.6) is 0 Å². The van der Waals surface area contributed by atoms with Crippen LogP contribution in [0.15, 0.2) is 0 Å². The average Bonchev–Trinajstić information content (AvgIpc) is 2.14. The first kappa shape index (κ1) is 12.7. The van der Waals surface area contributed by atoms with E-state index in [2.05, 4.69) is 20.8 Å². The summed E-state index contributed by atoms with van der Waals surface area (Å²) in [6, 6.07) is 0. The van der Waals surface area contributed by atoms with Crippen molar-refractivity contribution in [2.24, 2.45) is 11.1 Å². The number of Topliss-reactive ketones (excluding diaryl/α,β-unsaturated/α-hetero) is 1. The van der Waals surface area contributed by atoms with Crippen molar-refractivity contribution in [2.75, 3.05) is 0 Å². The Labute approximate surface area is 93.6 Å². The van der Waals surface area contributed by atoms with Gasteiger partial charge < -0.3 is 5.73 Å². The summed E-state index contributed by atoms with van der Waals surface area (Å²) in [4.78, 5) is 12.0. The Hall–Kier alpha value is -0.370. The molecule has 1 rings (SSSR count). The first-order valence-corrected chi connectivity index (χ1v) is 6.16. The Morgan fingerprint density at radius 1 is 1.20 bits per heavy atom. The molecule has 0 aromatic rings. The van der Waals surface area contributed by atoms with Gasteiger partial charge in [0.25, 0.3) is 0 Å². The smallest absolute Gasteiger partial charge is 0.152 e. The fourth-order valence-corrected chi connectivity index (χ4v) is 2.20. The lowest BCUT2D eigenvalue weighted by Crippen LogP contribution is -2.49. The quantitative estimate of drug-likeness (QED) is 0.779. The van der Waals surface area contributed by atoms with Crippen molar-refractivity contribution in [3.8, 4) is 0 Å². The van der Waals surface area contributed by atoms with Gasteiger partial charge in [-0.05, 0) is 24.7 Å². The molecular weight excluding hydrogens is 186 g/mol. The summed E-state index contributed by atoms with van der Waals surface area (Å²) in [7, 11) is 0. The van der Waals surface area contributed by atoms with Crippen LogP contribution in [0.4, 0.5) is 0 Å². The summed E-state index contributed by atoms with van der Waals surface area (Å²) in [6.45, 7) is 6.51. The summed E-state index contributed by atoms with van der Waals surface area (Å²) in [6.07, 6.45) is 6.89. The molecule has 2 heteroatoms. The fraction of sp³-hybridized carbons (Fsp3) is 0.923. The van der Waals surface area contributed by atoms with E-state index in [0.717, 1.165) is 32.1 Å². The van der Waals surface area contributed by atoms with Crippen molar-refractivity contribution in [2.45, 2.75) is 71.3 Å². The highest BCUT2D eigenvalue weighted by molar-refractivity contribution is 5.88. The van der Waals surface area contributed by atoms with Crippen LogP contribution in [-0.4, -0.2) is 11.3 Å². The molecule has 1 saturated carbocycles. The zero-order chi connectivity index (χ0) is 11.5. The van der Waals surface area contributed by atoms with E-state index in [-0.39, 0.29) is 11.2 Å². The molecule has 88 valence electrons. The first-order chi connectivity index (χ1) is 6.83. The number of hydrogen-bond acceptors (Lipinski definition) is 2. The van der Waals surface area contributed by atoms with Gasteiger partial charge in [0.15, 0.2) is 5.78 Å². The zero-order valence-corrected chi connectivity index (χ0v) is 10.4. The third-order valence-corrected chi connectivity index (χ3v) is 3.40. The van der Waals surface area contributed by atoms with Crippen molar-refractivity contribution in [3.05, 3.63) is 0 Å². The highest BCUT2D eigenvalue weighted by Crippen LogP contribution is 2.30. The molecule has 0 unspecified atom stereocenters. The molecule has 0 saturated heterocycles. The van der Waals surface area contributed by atoms with Gasteiger partial charge in [0.05, 0.1) is 5.54 Å². The lowest BCUT2D eigenvalue weighted by Gasteiger charge is -2.32. The largest absolute Gasteiger partial charge is 0.319 e. The van der Waals surface area contributed by atoms with Crippen molar-refractivity contribution < 1.29 is 4.79 Å². The van der Waals surface area contributed by atoms with Crippen molar-refractivity contribution in [1.29, 1.82) is 0 Å². The first-order valence-electron chi connectivity index (χ1n) is 6.16. The lowest BCUT2D eigenvalue weighted by molar-refractivity contribution is -0.125. The topological polar surface area (TPSA) is 43.1 Å². The molecular formula is C13H25NO. The van der Waals surface area contributed by atoms with E-state index in [1.807, 2.05) is 0 Å². The average molecular weight is 211 g/mol. The maximum Gasteiger partial charge on any atom is 0.152 e. The van der Waals surface area contributed by atoms with Crippen LogP contribution in [0.2, 0.25) is 0 Å². The zero-order valence-electron chi connectivity index (χ0n) is 10.4. The second-order valence-electron chi connectivity index (χ2n) is 6.20. The van der Waals surface area contributed by atoms with Gasteiger partial charge in [-0.1, -0.05) is 40.0 Å². The fourth-order valence-electron chi connectivity index (χ4n) is 2.20. The summed E-state index contributed by atoms with van der Waals surface area (Å²) in [5.74, 6) is 0.289. The Kier molecular flexibility index (Phi) is 3.93. The third kappa shape index (κ3) is 3.94. The molecule has 2 nitrogen and oxygen atoms in total. The highest BCUT2D eigenvalue weighted by Gasteiger charge is 2.34. The van der Waals surface area contributed by atoms with E-state index in [1.165, 1.54) is 6.42 Å². The minimum atomic E-state index is -0.483. The molecule has 0 aromatic carbocycles. The minimum Gasteiger partial charge on any atom is -0.319 e. The molecule has 1 fully saturated rings. The number of carbonyl (C=O) groups is 1. The van der Waals surface area contributed by atoms with E-state index in [9.17, 15) is 4.79 Å². The van der Waals surface area contributed by atoms with Crippen LogP contribution in [0.25, 0.3) is 0 Å². The van der Waals surface area contributed by atoms with Gasteiger partial charge in [-0.25, -0.2) is 0 Å². The van der Waals surface area contributed by atoms with Crippen LogP contribution in [0.1, 0.15) is 65.7 Å². The van der Waals surface area contributed by atoms with E-state index >= 15 is 0 Å². The number of hydrogen-bond donors (Lipinski definition) is 1.